The highest BCUT2D eigenvalue weighted by Gasteiger charge is 2.20. The van der Waals surface area contributed by atoms with E-state index in [1.165, 1.54) is 6.08 Å². The van der Waals surface area contributed by atoms with Crippen molar-refractivity contribution in [3.63, 3.8) is 0 Å². The Bertz CT molecular complexity index is 968. The van der Waals surface area contributed by atoms with Crippen LogP contribution < -0.4 is 15.4 Å². The molecule has 0 aliphatic heterocycles. The van der Waals surface area contributed by atoms with Crippen LogP contribution in [0, 0.1) is 0 Å². The number of likely N-dealkylation sites (N-methyl/N-ethyl adjacent to an activating group) is 1. The van der Waals surface area contributed by atoms with E-state index < -0.39 is 6.04 Å². The predicted octanol–water partition coefficient (Wildman–Crippen LogP) is 5.08. The third-order valence-electron chi connectivity index (χ3n) is 5.56. The van der Waals surface area contributed by atoms with Gasteiger partial charge in [-0.25, -0.2) is 0 Å². The molecule has 190 valence electrons. The maximum atomic E-state index is 12.5. The molecule has 35 heavy (non-hydrogen) atoms. The molecule has 1 aliphatic carbocycles. The van der Waals surface area contributed by atoms with E-state index in [0.717, 1.165) is 24.0 Å². The summed E-state index contributed by atoms with van der Waals surface area (Å²) in [6.45, 7) is 6.40. The van der Waals surface area contributed by atoms with E-state index in [4.69, 9.17) is 21.1 Å². The molecule has 3 atom stereocenters. The monoisotopic (exact) mass is 500 g/mol. The molecule has 1 aromatic rings. The van der Waals surface area contributed by atoms with Crippen molar-refractivity contribution in [2.45, 2.75) is 64.7 Å². The molecular formula is C28H37ClN2O4. The number of hydrogen-bond donors (Lipinski definition) is 2. The lowest BCUT2D eigenvalue weighted by molar-refractivity contribution is -0.127. The Kier molecular flexibility index (Phi) is 12.4. The van der Waals surface area contributed by atoms with E-state index in [1.54, 1.807) is 19.2 Å². The molecule has 0 radical (unpaired) electrons. The fourth-order valence-corrected chi connectivity index (χ4v) is 3.96. The molecule has 0 fully saturated rings. The zero-order valence-electron chi connectivity index (χ0n) is 21.1. The van der Waals surface area contributed by atoms with Crippen molar-refractivity contribution >= 4 is 23.4 Å². The number of hydrogen-bond acceptors (Lipinski definition) is 4. The second-order valence-electron chi connectivity index (χ2n) is 8.43. The van der Waals surface area contributed by atoms with Crippen molar-refractivity contribution in [3.05, 3.63) is 76.9 Å². The summed E-state index contributed by atoms with van der Waals surface area (Å²) in [5.41, 5.74) is 1.97. The summed E-state index contributed by atoms with van der Waals surface area (Å²) in [6, 6.07) is 4.61. The molecule has 2 rings (SSSR count). The maximum absolute atomic E-state index is 12.5. The molecule has 0 aromatic heterocycles. The lowest BCUT2D eigenvalue weighted by Crippen LogP contribution is -2.47. The molecule has 2 amide bonds. The Labute approximate surface area is 214 Å². The summed E-state index contributed by atoms with van der Waals surface area (Å²) in [5, 5.41) is 6.03. The largest absolute Gasteiger partial charge is 0.495 e. The van der Waals surface area contributed by atoms with Crippen molar-refractivity contribution in [3.8, 4) is 5.75 Å². The number of ether oxygens (including phenoxy) is 2. The van der Waals surface area contributed by atoms with Gasteiger partial charge < -0.3 is 20.1 Å². The molecule has 0 unspecified atom stereocenters. The fourth-order valence-electron chi connectivity index (χ4n) is 3.68. The second kappa shape index (κ2) is 15.2. The quantitative estimate of drug-likeness (QED) is 0.370. The number of methoxy groups -OCH3 is 1. The third-order valence-corrected chi connectivity index (χ3v) is 5.86. The molecule has 0 saturated carbocycles. The van der Waals surface area contributed by atoms with Crippen LogP contribution in [0.1, 0.15) is 45.6 Å². The van der Waals surface area contributed by atoms with Gasteiger partial charge in [-0.3, -0.25) is 9.59 Å². The summed E-state index contributed by atoms with van der Waals surface area (Å²) in [7, 11) is 1.54. The summed E-state index contributed by atoms with van der Waals surface area (Å²) < 4.78 is 11.3. The van der Waals surface area contributed by atoms with Crippen LogP contribution in [0.15, 0.2) is 66.3 Å². The maximum Gasteiger partial charge on any atom is 0.244 e. The summed E-state index contributed by atoms with van der Waals surface area (Å²) >= 11 is 6.21. The van der Waals surface area contributed by atoms with E-state index in [-0.39, 0.29) is 24.0 Å². The Balaban J connectivity index is 1.86. The van der Waals surface area contributed by atoms with Gasteiger partial charge in [0.05, 0.1) is 24.3 Å². The number of benzene rings is 1. The smallest absolute Gasteiger partial charge is 0.244 e. The first-order valence-corrected chi connectivity index (χ1v) is 12.5. The second-order valence-corrected chi connectivity index (χ2v) is 8.84. The molecule has 0 heterocycles. The molecule has 0 bridgehead atoms. The minimum Gasteiger partial charge on any atom is -0.495 e. The number of amides is 2. The van der Waals surface area contributed by atoms with Crippen molar-refractivity contribution in [2.75, 3.05) is 13.7 Å². The molecule has 2 N–H and O–H groups in total. The highest BCUT2D eigenvalue weighted by Crippen LogP contribution is 2.25. The van der Waals surface area contributed by atoms with E-state index in [2.05, 4.69) is 41.0 Å². The normalized spacial score (nSPS) is 15.7. The van der Waals surface area contributed by atoms with Crippen LogP contribution in [0.2, 0.25) is 5.02 Å². The number of carbonyl (C=O) groups excluding carboxylic acids is 2. The predicted molar refractivity (Wildman–Crippen MR) is 142 cm³/mol. The van der Waals surface area contributed by atoms with Crippen molar-refractivity contribution in [1.82, 2.24) is 10.6 Å². The molecular weight excluding hydrogens is 464 g/mol. The zero-order valence-corrected chi connectivity index (χ0v) is 21.8. The average molecular weight is 501 g/mol. The van der Waals surface area contributed by atoms with Gasteiger partial charge in [-0.05, 0) is 69.4 Å². The van der Waals surface area contributed by atoms with Crippen LogP contribution in [0.3, 0.4) is 0 Å². The highest BCUT2D eigenvalue weighted by atomic mass is 35.5. The number of carbonyl (C=O) groups is 2. The number of nitrogens with one attached hydrogen (secondary N) is 2. The van der Waals surface area contributed by atoms with E-state index in [0.29, 0.717) is 30.2 Å². The SMILES string of the molecule is CCNC(=O)[C@@H](Cc1ccc(OC)c(Cl)c1)NC(=O)/C=C/CC[C@H](C)O[C@@H](C)C1=CC=CCC=C1. The van der Waals surface area contributed by atoms with Gasteiger partial charge in [-0.15, -0.1) is 0 Å². The Morgan fingerprint density at radius 1 is 1.23 bits per heavy atom. The summed E-state index contributed by atoms with van der Waals surface area (Å²) in [5.74, 6) is 0.000984. The first-order valence-electron chi connectivity index (χ1n) is 12.1. The van der Waals surface area contributed by atoms with Crippen LogP contribution in [0.5, 0.6) is 5.75 Å². The highest BCUT2D eigenvalue weighted by molar-refractivity contribution is 6.32. The van der Waals surface area contributed by atoms with Crippen LogP contribution in [0.25, 0.3) is 0 Å². The van der Waals surface area contributed by atoms with E-state index in [1.807, 2.05) is 32.9 Å². The molecule has 1 aliphatic rings. The van der Waals surface area contributed by atoms with E-state index in [9.17, 15) is 9.59 Å². The first kappa shape index (κ1) is 28.4. The third kappa shape index (κ3) is 10.1. The van der Waals surface area contributed by atoms with Crippen molar-refractivity contribution in [1.29, 1.82) is 0 Å². The molecule has 6 nitrogen and oxygen atoms in total. The number of halogens is 1. The molecule has 1 aromatic carbocycles. The van der Waals surface area contributed by atoms with Gasteiger partial charge in [0, 0.05) is 13.0 Å². The average Bonchev–Trinajstić information content (AvgIpc) is 3.11. The summed E-state index contributed by atoms with van der Waals surface area (Å²) in [4.78, 5) is 25.0. The van der Waals surface area contributed by atoms with Crippen LogP contribution in [-0.2, 0) is 20.7 Å². The lowest BCUT2D eigenvalue weighted by atomic mass is 10.0. The Hall–Kier alpha value is -2.83. The fraction of sp³-hybridized carbons (Fsp3) is 0.429. The minimum absolute atomic E-state index is 0.000530. The van der Waals surface area contributed by atoms with Crippen molar-refractivity contribution in [2.24, 2.45) is 0 Å². The Morgan fingerprint density at radius 3 is 2.74 bits per heavy atom. The molecule has 0 saturated heterocycles. The van der Waals surface area contributed by atoms with Gasteiger partial charge in [0.15, 0.2) is 0 Å². The van der Waals surface area contributed by atoms with Gasteiger partial charge >= 0.3 is 0 Å². The zero-order chi connectivity index (χ0) is 25.6. The van der Waals surface area contributed by atoms with Crippen molar-refractivity contribution < 1.29 is 19.1 Å². The Morgan fingerprint density at radius 2 is 2.03 bits per heavy atom. The van der Waals surface area contributed by atoms with Gasteiger partial charge in [-0.1, -0.05) is 54.1 Å². The van der Waals surface area contributed by atoms with Gasteiger partial charge in [0.25, 0.3) is 0 Å². The van der Waals surface area contributed by atoms with E-state index >= 15 is 0 Å². The molecule has 0 spiro atoms. The lowest BCUT2D eigenvalue weighted by Gasteiger charge is -2.19. The molecule has 7 heteroatoms. The first-order chi connectivity index (χ1) is 16.8. The number of rotatable bonds is 13. The van der Waals surface area contributed by atoms with Crippen LogP contribution >= 0.6 is 11.6 Å². The summed E-state index contributed by atoms with van der Waals surface area (Å²) in [6.07, 6.45) is 16.5. The van der Waals surface area contributed by atoms with Crippen LogP contribution in [-0.4, -0.2) is 43.7 Å². The van der Waals surface area contributed by atoms with Gasteiger partial charge in [0.2, 0.25) is 11.8 Å². The topological polar surface area (TPSA) is 76.7 Å². The van der Waals surface area contributed by atoms with Gasteiger partial charge in [0.1, 0.15) is 11.8 Å². The number of allylic oxidation sites excluding steroid dienone is 5. The standard InChI is InChI=1S/C28H37ClN2O4/c1-5-30-28(33)25(19-22-16-17-26(34-4)24(29)18-22)31-27(32)15-11-10-12-20(2)35-21(3)23-13-8-6-7-9-14-23/h6,8-9,11,13-18,20-21,25H,5,7,10,12,19H2,1-4H3,(H,30,33)(H,31,32)/b15-11+/t20-,21-,25+/m0/s1. The minimum atomic E-state index is -0.713. The van der Waals surface area contributed by atoms with Gasteiger partial charge in [-0.2, -0.15) is 0 Å². The van der Waals surface area contributed by atoms with Crippen LogP contribution in [0.4, 0.5) is 0 Å².